The summed E-state index contributed by atoms with van der Waals surface area (Å²) >= 11 is 0. The van der Waals surface area contributed by atoms with Gasteiger partial charge in [0.1, 0.15) is 5.75 Å². The first-order valence-corrected chi connectivity index (χ1v) is 13.5. The molecule has 7 nitrogen and oxygen atoms in total. The topological polar surface area (TPSA) is 72.3 Å². The number of aryl methyl sites for hydroxylation is 3. The molecule has 1 aliphatic heterocycles. The Balaban J connectivity index is 1.19. The number of aromatic nitrogens is 3. The summed E-state index contributed by atoms with van der Waals surface area (Å²) in [7, 11) is 1.70. The monoisotopic (exact) mass is 511 g/mol. The van der Waals surface area contributed by atoms with E-state index in [0.717, 1.165) is 72.8 Å². The second-order valence-corrected chi connectivity index (χ2v) is 10.4. The van der Waals surface area contributed by atoms with Crippen LogP contribution in [0.2, 0.25) is 0 Å². The first-order valence-electron chi connectivity index (χ1n) is 13.5. The number of hydrogen-bond acceptors (Lipinski definition) is 5. The van der Waals surface area contributed by atoms with Crippen LogP contribution in [0.5, 0.6) is 5.75 Å². The lowest BCUT2D eigenvalue weighted by Gasteiger charge is -2.32. The minimum Gasteiger partial charge on any atom is -0.497 e. The molecule has 0 radical (unpaired) electrons. The van der Waals surface area contributed by atoms with Crippen LogP contribution in [0, 0.1) is 26.7 Å². The maximum absolute atomic E-state index is 13.4. The van der Waals surface area contributed by atoms with Crippen molar-refractivity contribution in [3.8, 4) is 11.4 Å². The number of piperidine rings is 1. The number of pyridine rings is 1. The number of nitrogens with one attached hydrogen (secondary N) is 1. The van der Waals surface area contributed by atoms with E-state index in [-0.39, 0.29) is 5.91 Å². The summed E-state index contributed by atoms with van der Waals surface area (Å²) in [6, 6.07) is 18.4. The van der Waals surface area contributed by atoms with Crippen LogP contribution in [-0.2, 0) is 6.42 Å². The van der Waals surface area contributed by atoms with E-state index in [2.05, 4.69) is 41.4 Å². The Morgan fingerprint density at radius 2 is 1.74 bits per heavy atom. The molecule has 198 valence electrons. The van der Waals surface area contributed by atoms with Crippen LogP contribution >= 0.6 is 0 Å². The normalized spacial score (nSPS) is 14.6. The molecule has 1 aliphatic rings. The number of likely N-dealkylation sites (tertiary alicyclic amines) is 1. The van der Waals surface area contributed by atoms with E-state index >= 15 is 0 Å². The van der Waals surface area contributed by atoms with E-state index in [4.69, 9.17) is 14.8 Å². The number of methoxy groups -OCH3 is 1. The molecule has 38 heavy (non-hydrogen) atoms. The maximum Gasteiger partial charge on any atom is 0.252 e. The van der Waals surface area contributed by atoms with Crippen LogP contribution in [0.3, 0.4) is 0 Å². The molecular formula is C31H37N5O2. The van der Waals surface area contributed by atoms with Crippen molar-refractivity contribution < 1.29 is 9.53 Å². The molecule has 0 saturated carbocycles. The number of nitrogens with zero attached hydrogens (tertiary/aromatic N) is 4. The molecule has 0 spiro atoms. The Morgan fingerprint density at radius 3 is 2.42 bits per heavy atom. The molecule has 0 bridgehead atoms. The highest BCUT2D eigenvalue weighted by Crippen LogP contribution is 2.25. The lowest BCUT2D eigenvalue weighted by atomic mass is 9.96. The highest BCUT2D eigenvalue weighted by Gasteiger charge is 2.22. The van der Waals surface area contributed by atoms with Crippen LogP contribution in [0.1, 0.15) is 45.7 Å². The smallest absolute Gasteiger partial charge is 0.252 e. The average molecular weight is 512 g/mol. The number of hydrogen-bond donors (Lipinski definition) is 1. The van der Waals surface area contributed by atoms with Crippen LogP contribution in [0.15, 0.2) is 54.6 Å². The molecule has 1 amide bonds. The van der Waals surface area contributed by atoms with Crippen LogP contribution < -0.4 is 10.1 Å². The van der Waals surface area contributed by atoms with Gasteiger partial charge in [0.15, 0.2) is 5.65 Å². The number of rotatable bonds is 8. The van der Waals surface area contributed by atoms with Crippen LogP contribution in [0.4, 0.5) is 0 Å². The van der Waals surface area contributed by atoms with Crippen LogP contribution in [-0.4, -0.2) is 58.9 Å². The van der Waals surface area contributed by atoms with Gasteiger partial charge in [-0.1, -0.05) is 29.8 Å². The second kappa shape index (κ2) is 11.4. The second-order valence-electron chi connectivity index (χ2n) is 10.4. The minimum absolute atomic E-state index is 0.0472. The van der Waals surface area contributed by atoms with Crippen molar-refractivity contribution in [1.82, 2.24) is 25.0 Å². The molecule has 2 aromatic carbocycles. The third kappa shape index (κ3) is 5.73. The summed E-state index contributed by atoms with van der Waals surface area (Å²) in [4.78, 5) is 20.7. The van der Waals surface area contributed by atoms with Gasteiger partial charge in [-0.2, -0.15) is 5.10 Å². The standard InChI is InChI=1S/C31H37N5O2/c1-21-5-9-26(10-6-21)36-30-29(23(3)34-36)28(19-22(2)33-30)31(37)32-20-25-14-17-35(18-15-25)16-13-24-7-11-27(38-4)12-8-24/h5-12,19,25H,13-18,20H2,1-4H3,(H,32,37). The molecule has 1 saturated heterocycles. The Morgan fingerprint density at radius 1 is 1.03 bits per heavy atom. The Kier molecular flexibility index (Phi) is 7.74. The third-order valence-corrected chi connectivity index (χ3v) is 7.60. The van der Waals surface area contributed by atoms with E-state index in [1.165, 1.54) is 11.1 Å². The number of fused-ring (bicyclic) bond motifs is 1. The molecule has 0 unspecified atom stereocenters. The zero-order valence-corrected chi connectivity index (χ0v) is 22.8. The van der Waals surface area contributed by atoms with Crippen molar-refractivity contribution in [2.24, 2.45) is 5.92 Å². The van der Waals surface area contributed by atoms with Crippen molar-refractivity contribution in [2.45, 2.75) is 40.0 Å². The van der Waals surface area contributed by atoms with E-state index in [1.807, 2.05) is 48.9 Å². The predicted molar refractivity (Wildman–Crippen MR) is 151 cm³/mol. The summed E-state index contributed by atoms with van der Waals surface area (Å²) in [5.74, 6) is 1.34. The van der Waals surface area contributed by atoms with Gasteiger partial charge in [0.05, 0.1) is 29.4 Å². The van der Waals surface area contributed by atoms with Crippen molar-refractivity contribution >= 4 is 16.9 Å². The van der Waals surface area contributed by atoms with Gasteiger partial charge in [-0.05, 0) is 94.9 Å². The van der Waals surface area contributed by atoms with Gasteiger partial charge in [-0.15, -0.1) is 0 Å². The van der Waals surface area contributed by atoms with Gasteiger partial charge in [-0.3, -0.25) is 4.79 Å². The lowest BCUT2D eigenvalue weighted by Crippen LogP contribution is -2.39. The molecule has 1 N–H and O–H groups in total. The Bertz CT molecular complexity index is 1400. The Labute approximate surface area is 224 Å². The summed E-state index contributed by atoms with van der Waals surface area (Å²) in [5, 5.41) is 8.78. The molecule has 2 aromatic heterocycles. The zero-order chi connectivity index (χ0) is 26.6. The molecular weight excluding hydrogens is 474 g/mol. The number of carbonyl (C=O) groups excluding carboxylic acids is 1. The molecule has 1 fully saturated rings. The van der Waals surface area contributed by atoms with Gasteiger partial charge in [-0.25, -0.2) is 9.67 Å². The maximum atomic E-state index is 13.4. The summed E-state index contributed by atoms with van der Waals surface area (Å²) < 4.78 is 7.09. The fourth-order valence-corrected chi connectivity index (χ4v) is 5.28. The lowest BCUT2D eigenvalue weighted by molar-refractivity contribution is 0.0937. The quantitative estimate of drug-likeness (QED) is 0.359. The molecule has 7 heteroatoms. The third-order valence-electron chi connectivity index (χ3n) is 7.60. The molecule has 5 rings (SSSR count). The van der Waals surface area contributed by atoms with Crippen LogP contribution in [0.25, 0.3) is 16.7 Å². The first kappa shape index (κ1) is 25.9. The van der Waals surface area contributed by atoms with Crippen molar-refractivity contribution in [3.63, 3.8) is 0 Å². The van der Waals surface area contributed by atoms with E-state index in [9.17, 15) is 4.79 Å². The first-order chi connectivity index (χ1) is 18.4. The highest BCUT2D eigenvalue weighted by atomic mass is 16.5. The summed E-state index contributed by atoms with van der Waals surface area (Å²) in [6.07, 6.45) is 3.23. The zero-order valence-electron chi connectivity index (χ0n) is 22.8. The minimum atomic E-state index is -0.0472. The van der Waals surface area contributed by atoms with E-state index in [0.29, 0.717) is 18.0 Å². The predicted octanol–water partition coefficient (Wildman–Crippen LogP) is 5.04. The molecule has 3 heterocycles. The fraction of sp³-hybridized carbons (Fsp3) is 0.387. The van der Waals surface area contributed by atoms with Crippen molar-refractivity contribution in [2.75, 3.05) is 33.3 Å². The van der Waals surface area contributed by atoms with E-state index < -0.39 is 0 Å². The highest BCUT2D eigenvalue weighted by molar-refractivity contribution is 6.06. The molecule has 0 atom stereocenters. The average Bonchev–Trinajstić information content (AvgIpc) is 3.27. The van der Waals surface area contributed by atoms with Gasteiger partial charge < -0.3 is 15.0 Å². The van der Waals surface area contributed by atoms with Gasteiger partial charge in [0.2, 0.25) is 0 Å². The number of ether oxygens (including phenoxy) is 1. The molecule has 0 aliphatic carbocycles. The number of amides is 1. The van der Waals surface area contributed by atoms with Crippen molar-refractivity contribution in [1.29, 1.82) is 0 Å². The summed E-state index contributed by atoms with van der Waals surface area (Å²) in [5.41, 5.74) is 6.46. The SMILES string of the molecule is COc1ccc(CCN2CCC(CNC(=O)c3cc(C)nc4c3c(C)nn4-c3ccc(C)cc3)CC2)cc1. The van der Waals surface area contributed by atoms with Gasteiger partial charge in [0, 0.05) is 18.8 Å². The molecule has 4 aromatic rings. The van der Waals surface area contributed by atoms with Crippen molar-refractivity contribution in [3.05, 3.63) is 82.7 Å². The fourth-order valence-electron chi connectivity index (χ4n) is 5.28. The van der Waals surface area contributed by atoms with Gasteiger partial charge >= 0.3 is 0 Å². The Hall–Kier alpha value is -3.71. The summed E-state index contributed by atoms with van der Waals surface area (Å²) in [6.45, 7) is 9.83. The number of benzene rings is 2. The van der Waals surface area contributed by atoms with E-state index in [1.54, 1.807) is 7.11 Å². The number of carbonyl (C=O) groups is 1. The largest absolute Gasteiger partial charge is 0.497 e. The van der Waals surface area contributed by atoms with Gasteiger partial charge in [0.25, 0.3) is 5.91 Å².